The van der Waals surface area contributed by atoms with Crippen molar-refractivity contribution >= 4 is 16.9 Å². The van der Waals surface area contributed by atoms with Gasteiger partial charge in [-0.25, -0.2) is 4.79 Å². The number of aryl methyl sites for hydroxylation is 1. The van der Waals surface area contributed by atoms with Gasteiger partial charge in [0.25, 0.3) is 0 Å². The number of aromatic amines is 1. The van der Waals surface area contributed by atoms with Crippen LogP contribution >= 0.6 is 0 Å². The lowest BCUT2D eigenvalue weighted by Gasteiger charge is -2.42. The number of piperidine rings is 1. The molecule has 2 heterocycles. The summed E-state index contributed by atoms with van der Waals surface area (Å²) in [6.45, 7) is 3.88. The molecule has 1 aromatic heterocycles. The molecule has 5 rings (SSSR count). The van der Waals surface area contributed by atoms with Crippen LogP contribution in [0.3, 0.4) is 0 Å². The molecule has 2 fully saturated rings. The van der Waals surface area contributed by atoms with Crippen molar-refractivity contribution in [3.05, 3.63) is 64.8 Å². The molecule has 33 heavy (non-hydrogen) atoms. The Hall–Kier alpha value is -2.83. The van der Waals surface area contributed by atoms with E-state index in [1.165, 1.54) is 41.3 Å². The molecule has 1 aliphatic carbocycles. The predicted octanol–water partition coefficient (Wildman–Crippen LogP) is 5.03. The number of carboxylic acid groups (broad SMARTS) is 1. The quantitative estimate of drug-likeness (QED) is 0.473. The Bertz CT molecular complexity index is 1130. The van der Waals surface area contributed by atoms with E-state index in [-0.39, 0.29) is 6.04 Å². The molecule has 2 aromatic carbocycles. The monoisotopic (exact) mass is 447 g/mol. The van der Waals surface area contributed by atoms with E-state index in [0.29, 0.717) is 17.6 Å². The summed E-state index contributed by atoms with van der Waals surface area (Å²) in [5, 5.41) is 14.4. The van der Waals surface area contributed by atoms with Gasteiger partial charge in [-0.3, -0.25) is 4.90 Å². The highest BCUT2D eigenvalue weighted by Crippen LogP contribution is 2.37. The summed E-state index contributed by atoms with van der Waals surface area (Å²) in [5.41, 5.74) is 5.06. The Morgan fingerprint density at radius 2 is 1.97 bits per heavy atom. The number of nitrogens with one attached hydrogen (secondary N) is 2. The van der Waals surface area contributed by atoms with E-state index in [1.54, 1.807) is 19.2 Å². The number of H-pyrrole nitrogens is 1. The van der Waals surface area contributed by atoms with E-state index in [4.69, 9.17) is 4.74 Å². The largest absolute Gasteiger partial charge is 0.496 e. The fourth-order valence-electron chi connectivity index (χ4n) is 5.44. The van der Waals surface area contributed by atoms with Crippen LogP contribution in [0.25, 0.3) is 10.9 Å². The van der Waals surface area contributed by atoms with E-state index in [0.717, 1.165) is 37.2 Å². The smallest absolute Gasteiger partial charge is 0.335 e. The summed E-state index contributed by atoms with van der Waals surface area (Å²) in [6, 6.07) is 13.1. The van der Waals surface area contributed by atoms with Gasteiger partial charge >= 0.3 is 5.97 Å². The van der Waals surface area contributed by atoms with Crippen LogP contribution in [-0.4, -0.2) is 46.7 Å². The Labute approximate surface area is 194 Å². The molecule has 1 saturated carbocycles. The van der Waals surface area contributed by atoms with Gasteiger partial charge in [-0.2, -0.15) is 0 Å². The number of aromatic nitrogens is 1. The molecule has 0 bridgehead atoms. The van der Waals surface area contributed by atoms with Crippen LogP contribution in [0, 0.1) is 6.92 Å². The number of aromatic carboxylic acids is 1. The lowest BCUT2D eigenvalue weighted by atomic mass is 9.87. The predicted molar refractivity (Wildman–Crippen MR) is 130 cm³/mol. The summed E-state index contributed by atoms with van der Waals surface area (Å²) >= 11 is 0. The fraction of sp³-hybridized carbons (Fsp3) is 0.444. The van der Waals surface area contributed by atoms with Gasteiger partial charge in [0.2, 0.25) is 0 Å². The number of hydrogen-bond donors (Lipinski definition) is 3. The van der Waals surface area contributed by atoms with Gasteiger partial charge in [0.15, 0.2) is 0 Å². The first-order chi connectivity index (χ1) is 16.0. The van der Waals surface area contributed by atoms with Crippen molar-refractivity contribution < 1.29 is 14.6 Å². The van der Waals surface area contributed by atoms with E-state index >= 15 is 0 Å². The number of benzene rings is 2. The van der Waals surface area contributed by atoms with Crippen LogP contribution in [0.5, 0.6) is 5.75 Å². The van der Waals surface area contributed by atoms with E-state index in [1.807, 2.05) is 18.3 Å². The second-order valence-corrected chi connectivity index (χ2v) is 9.57. The molecule has 6 heteroatoms. The first-order valence-corrected chi connectivity index (χ1v) is 12.0. The van der Waals surface area contributed by atoms with Crippen molar-refractivity contribution in [3.8, 4) is 5.75 Å². The number of nitrogens with zero attached hydrogens (tertiary/aromatic N) is 1. The van der Waals surface area contributed by atoms with Gasteiger partial charge in [0.05, 0.1) is 12.7 Å². The number of methoxy groups -OCH3 is 1. The number of carboxylic acids is 1. The molecule has 3 aromatic rings. The minimum atomic E-state index is -0.884. The van der Waals surface area contributed by atoms with Crippen molar-refractivity contribution in [1.82, 2.24) is 15.2 Å². The first kappa shape index (κ1) is 22.0. The van der Waals surface area contributed by atoms with Crippen LogP contribution in [0.4, 0.5) is 0 Å². The summed E-state index contributed by atoms with van der Waals surface area (Å²) < 4.78 is 5.81. The standard InChI is InChI=1S/C27H33N3O3/c1-17-14-25(33-2)23(22-10-12-28-26(17)22)16-30-13-11-21(29-20-4-3-5-20)15-24(30)18-6-8-19(9-7-18)27(31)32/h6-10,12,14,20-21,24,28-29H,3-5,11,13,15-16H2,1-2H3,(H,31,32)/t21-,24+/m0/s1. The van der Waals surface area contributed by atoms with Crippen molar-refractivity contribution in [2.75, 3.05) is 13.7 Å². The van der Waals surface area contributed by atoms with Crippen LogP contribution in [0.1, 0.15) is 65.2 Å². The molecule has 1 saturated heterocycles. The molecule has 174 valence electrons. The van der Waals surface area contributed by atoms with Crippen molar-refractivity contribution in [3.63, 3.8) is 0 Å². The maximum absolute atomic E-state index is 11.4. The van der Waals surface area contributed by atoms with Crippen LogP contribution in [0.15, 0.2) is 42.6 Å². The fourth-order valence-corrected chi connectivity index (χ4v) is 5.44. The topological polar surface area (TPSA) is 77.6 Å². The number of fused-ring (bicyclic) bond motifs is 1. The summed E-state index contributed by atoms with van der Waals surface area (Å²) in [4.78, 5) is 17.3. The van der Waals surface area contributed by atoms with E-state index in [9.17, 15) is 9.90 Å². The van der Waals surface area contributed by atoms with Gasteiger partial charge < -0.3 is 20.1 Å². The van der Waals surface area contributed by atoms with Crippen molar-refractivity contribution in [1.29, 1.82) is 0 Å². The summed E-state index contributed by atoms with van der Waals surface area (Å²) in [6.07, 6.45) is 8.03. The molecule has 2 atom stereocenters. The van der Waals surface area contributed by atoms with Gasteiger partial charge in [0.1, 0.15) is 5.75 Å². The Morgan fingerprint density at radius 1 is 1.18 bits per heavy atom. The van der Waals surface area contributed by atoms with Gasteiger partial charge in [-0.05, 0) is 68.0 Å². The molecule has 0 unspecified atom stereocenters. The first-order valence-electron chi connectivity index (χ1n) is 12.0. The highest BCUT2D eigenvalue weighted by atomic mass is 16.5. The summed E-state index contributed by atoms with van der Waals surface area (Å²) in [7, 11) is 1.74. The third kappa shape index (κ3) is 4.37. The lowest BCUT2D eigenvalue weighted by Crippen LogP contribution is -2.49. The van der Waals surface area contributed by atoms with Crippen LogP contribution < -0.4 is 10.1 Å². The molecule has 6 nitrogen and oxygen atoms in total. The number of ether oxygens (including phenoxy) is 1. The average molecular weight is 448 g/mol. The zero-order valence-electron chi connectivity index (χ0n) is 19.4. The van der Waals surface area contributed by atoms with Gasteiger partial charge in [0, 0.05) is 53.9 Å². The molecule has 0 amide bonds. The molecule has 3 N–H and O–H groups in total. The highest BCUT2D eigenvalue weighted by Gasteiger charge is 2.32. The average Bonchev–Trinajstić information content (AvgIpc) is 3.29. The minimum Gasteiger partial charge on any atom is -0.496 e. The van der Waals surface area contributed by atoms with Crippen LogP contribution in [0.2, 0.25) is 0 Å². The second-order valence-electron chi connectivity index (χ2n) is 9.57. The lowest BCUT2D eigenvalue weighted by molar-refractivity contribution is 0.0696. The molecule has 0 radical (unpaired) electrons. The number of rotatable bonds is 7. The zero-order valence-corrected chi connectivity index (χ0v) is 19.4. The maximum Gasteiger partial charge on any atom is 0.335 e. The van der Waals surface area contributed by atoms with Gasteiger partial charge in [-0.1, -0.05) is 18.6 Å². The van der Waals surface area contributed by atoms with Crippen molar-refractivity contribution in [2.45, 2.75) is 63.7 Å². The van der Waals surface area contributed by atoms with Gasteiger partial charge in [-0.15, -0.1) is 0 Å². The SMILES string of the molecule is COc1cc(C)c2[nH]ccc2c1CN1CC[C@H](NC2CCC2)C[C@@H]1c1ccc(C(=O)O)cc1. The zero-order chi connectivity index (χ0) is 22.9. The van der Waals surface area contributed by atoms with E-state index in [2.05, 4.69) is 34.3 Å². The highest BCUT2D eigenvalue weighted by molar-refractivity contribution is 5.88. The molecule has 2 aliphatic rings. The van der Waals surface area contributed by atoms with Crippen LogP contribution in [-0.2, 0) is 6.54 Å². The Balaban J connectivity index is 1.46. The minimum absolute atomic E-state index is 0.221. The molecule has 0 spiro atoms. The molecular weight excluding hydrogens is 414 g/mol. The molecule has 1 aliphatic heterocycles. The Morgan fingerprint density at radius 3 is 2.64 bits per heavy atom. The third-order valence-corrected chi connectivity index (χ3v) is 7.52. The summed E-state index contributed by atoms with van der Waals surface area (Å²) in [5.74, 6) is 0.0418. The van der Waals surface area contributed by atoms with E-state index < -0.39 is 5.97 Å². The number of carbonyl (C=O) groups is 1. The number of likely N-dealkylation sites (tertiary alicyclic amines) is 1. The third-order valence-electron chi connectivity index (χ3n) is 7.52. The maximum atomic E-state index is 11.4. The van der Waals surface area contributed by atoms with Crippen molar-refractivity contribution in [2.24, 2.45) is 0 Å². The normalized spacial score (nSPS) is 21.8. The Kier molecular flexibility index (Phi) is 6.13. The molecular formula is C27H33N3O3. The second kappa shape index (κ2) is 9.20. The number of hydrogen-bond acceptors (Lipinski definition) is 4.